The van der Waals surface area contributed by atoms with E-state index in [-0.39, 0.29) is 11.6 Å². The van der Waals surface area contributed by atoms with Gasteiger partial charge in [0.1, 0.15) is 30.3 Å². The van der Waals surface area contributed by atoms with Gasteiger partial charge in [-0.2, -0.15) is 0 Å². The number of benzene rings is 2. The Labute approximate surface area is 243 Å². The number of morpholine rings is 1. The van der Waals surface area contributed by atoms with Gasteiger partial charge in [-0.3, -0.25) is 14.7 Å². The summed E-state index contributed by atoms with van der Waals surface area (Å²) in [5.41, 5.74) is 8.32. The molecular weight excluding hydrogens is 544 g/mol. The standard InChI is InChI=1S/C30H31ClN6O4/c1-19(29(32)38)23-14-24-26(15-28(23)40-11-8-22-17-39-12-10-37(22)2)34-18-35-30(24)36-20-6-7-27(25(31)13-20)41-16-21-5-3-4-9-33-21/h3-7,9,13-15,18,22H,1,8,10-12,16-17H2,2H3,(H2,32,38)(H,34,35,36)/t22-/m1/s1. The normalized spacial score (nSPS) is 15.4. The second-order valence-electron chi connectivity index (χ2n) is 9.66. The molecule has 0 saturated carbocycles. The number of aromatic nitrogens is 3. The number of hydrogen-bond donors (Lipinski definition) is 2. The van der Waals surface area contributed by atoms with Crippen molar-refractivity contribution in [2.45, 2.75) is 19.1 Å². The Morgan fingerprint density at radius 3 is 2.80 bits per heavy atom. The molecule has 41 heavy (non-hydrogen) atoms. The van der Waals surface area contributed by atoms with Crippen LogP contribution in [-0.4, -0.2) is 65.2 Å². The molecule has 1 saturated heterocycles. The molecule has 10 nitrogen and oxygen atoms in total. The van der Waals surface area contributed by atoms with E-state index in [9.17, 15) is 4.79 Å². The maximum Gasteiger partial charge on any atom is 0.248 e. The van der Waals surface area contributed by atoms with Crippen molar-refractivity contribution < 1.29 is 19.0 Å². The van der Waals surface area contributed by atoms with Crippen molar-refractivity contribution in [1.29, 1.82) is 0 Å². The topological polar surface area (TPSA) is 125 Å². The van der Waals surface area contributed by atoms with Gasteiger partial charge in [-0.1, -0.05) is 24.2 Å². The van der Waals surface area contributed by atoms with Crippen LogP contribution in [0.4, 0.5) is 11.5 Å². The number of primary amides is 1. The van der Waals surface area contributed by atoms with Gasteiger partial charge >= 0.3 is 0 Å². The third kappa shape index (κ3) is 6.91. The van der Waals surface area contributed by atoms with Gasteiger partial charge in [-0.25, -0.2) is 9.97 Å². The van der Waals surface area contributed by atoms with Gasteiger partial charge in [0.15, 0.2) is 0 Å². The molecule has 1 aliphatic heterocycles. The molecule has 2 aromatic heterocycles. The third-order valence-electron chi connectivity index (χ3n) is 6.89. The van der Waals surface area contributed by atoms with Gasteiger partial charge in [-0.15, -0.1) is 0 Å². The number of anilines is 2. The van der Waals surface area contributed by atoms with Gasteiger partial charge in [0.25, 0.3) is 0 Å². The summed E-state index contributed by atoms with van der Waals surface area (Å²) in [6.45, 7) is 6.88. The fourth-order valence-corrected chi connectivity index (χ4v) is 4.72. The fraction of sp³-hybridized carbons (Fsp3) is 0.267. The number of hydrogen-bond acceptors (Lipinski definition) is 9. The first kappa shape index (κ1) is 28.3. The molecule has 1 aliphatic rings. The van der Waals surface area contributed by atoms with Crippen molar-refractivity contribution in [1.82, 2.24) is 19.9 Å². The lowest BCUT2D eigenvalue weighted by Gasteiger charge is -2.32. The molecule has 3 heterocycles. The number of ether oxygens (including phenoxy) is 3. The lowest BCUT2D eigenvalue weighted by molar-refractivity contribution is -0.112. The molecule has 0 bridgehead atoms. The maximum atomic E-state index is 12.1. The van der Waals surface area contributed by atoms with Gasteiger partial charge in [-0.05, 0) is 49.9 Å². The SMILES string of the molecule is C=C(C(N)=O)c1cc2c(Nc3ccc(OCc4ccccn4)c(Cl)c3)ncnc2cc1OCC[C@@H]1COCCN1C. The van der Waals surface area contributed by atoms with E-state index in [0.29, 0.717) is 64.3 Å². The fourth-order valence-electron chi connectivity index (χ4n) is 4.49. The molecule has 1 amide bonds. The molecule has 5 rings (SSSR count). The molecule has 0 unspecified atom stereocenters. The van der Waals surface area contributed by atoms with Gasteiger partial charge in [0.05, 0.1) is 36.1 Å². The van der Waals surface area contributed by atoms with E-state index < -0.39 is 5.91 Å². The number of amides is 1. The van der Waals surface area contributed by atoms with Crippen LogP contribution in [0.25, 0.3) is 16.5 Å². The zero-order chi connectivity index (χ0) is 28.8. The van der Waals surface area contributed by atoms with E-state index >= 15 is 0 Å². The Balaban J connectivity index is 1.36. The summed E-state index contributed by atoms with van der Waals surface area (Å²) in [7, 11) is 2.07. The first-order valence-electron chi connectivity index (χ1n) is 13.2. The number of nitrogens with zero attached hydrogens (tertiary/aromatic N) is 4. The summed E-state index contributed by atoms with van der Waals surface area (Å²) in [5, 5.41) is 4.37. The lowest BCUT2D eigenvalue weighted by Crippen LogP contribution is -2.43. The van der Waals surface area contributed by atoms with Crippen molar-refractivity contribution in [2.75, 3.05) is 38.7 Å². The number of pyridine rings is 1. The molecule has 0 spiro atoms. The van der Waals surface area contributed by atoms with Crippen LogP contribution in [-0.2, 0) is 16.1 Å². The van der Waals surface area contributed by atoms with Crippen LogP contribution < -0.4 is 20.5 Å². The largest absolute Gasteiger partial charge is 0.493 e. The molecule has 1 fully saturated rings. The molecule has 1 atom stereocenters. The Morgan fingerprint density at radius 1 is 1.17 bits per heavy atom. The molecule has 2 aromatic carbocycles. The predicted molar refractivity (Wildman–Crippen MR) is 158 cm³/mol. The van der Waals surface area contributed by atoms with Gasteiger partial charge < -0.3 is 25.3 Å². The second kappa shape index (κ2) is 12.9. The highest BCUT2D eigenvalue weighted by Gasteiger charge is 2.21. The van der Waals surface area contributed by atoms with E-state index in [0.717, 1.165) is 25.3 Å². The molecule has 212 valence electrons. The van der Waals surface area contributed by atoms with Crippen LogP contribution in [0.1, 0.15) is 17.7 Å². The Bertz CT molecular complexity index is 1550. The average molecular weight is 575 g/mol. The van der Waals surface area contributed by atoms with Crippen molar-refractivity contribution in [2.24, 2.45) is 5.73 Å². The first-order chi connectivity index (χ1) is 19.9. The van der Waals surface area contributed by atoms with Crippen molar-refractivity contribution in [3.8, 4) is 11.5 Å². The van der Waals surface area contributed by atoms with E-state index in [1.807, 2.05) is 24.3 Å². The summed E-state index contributed by atoms with van der Waals surface area (Å²) in [6, 6.07) is 14.8. The third-order valence-corrected chi connectivity index (χ3v) is 7.18. The quantitative estimate of drug-likeness (QED) is 0.247. The predicted octanol–water partition coefficient (Wildman–Crippen LogP) is 4.60. The van der Waals surface area contributed by atoms with E-state index in [4.69, 9.17) is 31.5 Å². The van der Waals surface area contributed by atoms with Crippen LogP contribution in [0.15, 0.2) is 67.6 Å². The number of fused-ring (bicyclic) bond motifs is 1. The Kier molecular flexibility index (Phi) is 8.93. The summed E-state index contributed by atoms with van der Waals surface area (Å²) in [4.78, 5) is 27.5. The highest BCUT2D eigenvalue weighted by molar-refractivity contribution is 6.32. The minimum absolute atomic E-state index is 0.132. The molecule has 3 N–H and O–H groups in total. The van der Waals surface area contributed by atoms with Crippen LogP contribution in [0.3, 0.4) is 0 Å². The first-order valence-corrected chi connectivity index (χ1v) is 13.5. The van der Waals surface area contributed by atoms with Gasteiger partial charge in [0, 0.05) is 47.1 Å². The van der Waals surface area contributed by atoms with Crippen LogP contribution in [0, 0.1) is 0 Å². The van der Waals surface area contributed by atoms with Crippen molar-refractivity contribution in [3.05, 3.63) is 83.9 Å². The zero-order valence-electron chi connectivity index (χ0n) is 22.7. The molecule has 11 heteroatoms. The van der Waals surface area contributed by atoms with Crippen LogP contribution in [0.5, 0.6) is 11.5 Å². The lowest BCUT2D eigenvalue weighted by atomic mass is 10.0. The molecule has 0 aliphatic carbocycles. The van der Waals surface area contributed by atoms with Gasteiger partial charge in [0.2, 0.25) is 5.91 Å². The molecule has 4 aromatic rings. The summed E-state index contributed by atoms with van der Waals surface area (Å²) in [6.07, 6.45) is 3.93. The number of likely N-dealkylation sites (N-methyl/N-ethyl adjacent to an activating group) is 1. The van der Waals surface area contributed by atoms with E-state index in [2.05, 4.69) is 38.8 Å². The number of nitrogens with two attached hydrogens (primary N) is 1. The van der Waals surface area contributed by atoms with Crippen molar-refractivity contribution >= 4 is 45.5 Å². The average Bonchev–Trinajstić information content (AvgIpc) is 2.97. The monoisotopic (exact) mass is 574 g/mol. The smallest absolute Gasteiger partial charge is 0.248 e. The highest BCUT2D eigenvalue weighted by Crippen LogP contribution is 2.35. The maximum absolute atomic E-state index is 12.1. The number of nitrogens with one attached hydrogen (secondary N) is 1. The van der Waals surface area contributed by atoms with Crippen molar-refractivity contribution in [3.63, 3.8) is 0 Å². The summed E-state index contributed by atoms with van der Waals surface area (Å²) in [5.74, 6) is 0.874. The second-order valence-corrected chi connectivity index (χ2v) is 10.1. The number of rotatable bonds is 11. The molecule has 0 radical (unpaired) electrons. The number of halogens is 1. The van der Waals surface area contributed by atoms with E-state index in [1.165, 1.54) is 6.33 Å². The summed E-state index contributed by atoms with van der Waals surface area (Å²) < 4.78 is 17.6. The Hall–Kier alpha value is -4.25. The summed E-state index contributed by atoms with van der Waals surface area (Å²) >= 11 is 6.51. The minimum atomic E-state index is -0.644. The van der Waals surface area contributed by atoms with E-state index in [1.54, 1.807) is 30.5 Å². The van der Waals surface area contributed by atoms with Crippen LogP contribution in [0.2, 0.25) is 5.02 Å². The number of carbonyl (C=O) groups is 1. The highest BCUT2D eigenvalue weighted by atomic mass is 35.5. The zero-order valence-corrected chi connectivity index (χ0v) is 23.4. The minimum Gasteiger partial charge on any atom is -0.493 e. The number of carbonyl (C=O) groups excluding carboxylic acids is 1. The molecular formula is C30H31ClN6O4. The van der Waals surface area contributed by atoms with Crippen LogP contribution >= 0.6 is 11.6 Å². The Morgan fingerprint density at radius 2 is 2.05 bits per heavy atom.